The lowest BCUT2D eigenvalue weighted by Gasteiger charge is -2.01. The third kappa shape index (κ3) is 1.61. The van der Waals surface area contributed by atoms with E-state index in [1.54, 1.807) is 19.1 Å². The van der Waals surface area contributed by atoms with E-state index in [1.807, 2.05) is 0 Å². The highest BCUT2D eigenvalue weighted by Crippen LogP contribution is 2.13. The van der Waals surface area contributed by atoms with Crippen LogP contribution < -0.4 is 0 Å². The number of halogens is 1. The van der Waals surface area contributed by atoms with Crippen LogP contribution in [0.4, 0.5) is 4.39 Å². The van der Waals surface area contributed by atoms with Crippen LogP contribution in [0.25, 0.3) is 0 Å². The third-order valence-electron chi connectivity index (χ3n) is 1.63. The summed E-state index contributed by atoms with van der Waals surface area (Å²) in [5, 5.41) is 3.66. The van der Waals surface area contributed by atoms with Gasteiger partial charge in [0.15, 0.2) is 0 Å². The van der Waals surface area contributed by atoms with Gasteiger partial charge in [-0.15, -0.1) is 0 Å². The van der Waals surface area contributed by atoms with Gasteiger partial charge in [0.25, 0.3) is 12.2 Å². The SMILES string of the molecule is CC1ON=C(c2cccc(F)c2)O1. The smallest absolute Gasteiger partial charge is 0.264 e. The van der Waals surface area contributed by atoms with Crippen molar-refractivity contribution in [2.75, 3.05) is 0 Å². The van der Waals surface area contributed by atoms with Crippen LogP contribution in [-0.4, -0.2) is 12.2 Å². The molecule has 1 aliphatic heterocycles. The summed E-state index contributed by atoms with van der Waals surface area (Å²) in [4.78, 5) is 4.80. The summed E-state index contributed by atoms with van der Waals surface area (Å²) in [6.45, 7) is 1.72. The largest absolute Gasteiger partial charge is 0.433 e. The Labute approximate surface area is 74.8 Å². The second-order valence-corrected chi connectivity index (χ2v) is 2.70. The molecule has 1 aliphatic rings. The van der Waals surface area contributed by atoms with Gasteiger partial charge in [0.05, 0.1) is 0 Å². The summed E-state index contributed by atoms with van der Waals surface area (Å²) in [5.74, 6) is 0.00959. The van der Waals surface area contributed by atoms with Gasteiger partial charge in [-0.1, -0.05) is 6.07 Å². The molecule has 0 amide bonds. The second-order valence-electron chi connectivity index (χ2n) is 2.70. The van der Waals surface area contributed by atoms with Gasteiger partial charge < -0.3 is 9.57 Å². The summed E-state index contributed by atoms with van der Waals surface area (Å²) < 4.78 is 17.9. The highest BCUT2D eigenvalue weighted by Gasteiger charge is 2.18. The monoisotopic (exact) mass is 181 g/mol. The van der Waals surface area contributed by atoms with E-state index in [1.165, 1.54) is 12.1 Å². The molecule has 0 bridgehead atoms. The van der Waals surface area contributed by atoms with Crippen molar-refractivity contribution in [1.82, 2.24) is 0 Å². The molecule has 1 atom stereocenters. The van der Waals surface area contributed by atoms with Crippen molar-refractivity contribution in [3.05, 3.63) is 35.6 Å². The Bertz CT molecular complexity index is 351. The predicted octanol–water partition coefficient (Wildman–Crippen LogP) is 1.88. The number of nitrogens with zero attached hydrogens (tertiary/aromatic N) is 1. The number of hydrogen-bond donors (Lipinski definition) is 0. The van der Waals surface area contributed by atoms with Crippen LogP contribution in [0, 0.1) is 5.82 Å². The van der Waals surface area contributed by atoms with Gasteiger partial charge >= 0.3 is 0 Å². The van der Waals surface area contributed by atoms with Crippen molar-refractivity contribution in [3.8, 4) is 0 Å². The molecule has 1 aromatic rings. The van der Waals surface area contributed by atoms with Gasteiger partial charge in [-0.25, -0.2) is 4.39 Å². The molecule has 0 aliphatic carbocycles. The molecule has 1 unspecified atom stereocenters. The molecule has 0 radical (unpaired) electrons. The van der Waals surface area contributed by atoms with Gasteiger partial charge in [-0.2, -0.15) is 0 Å². The van der Waals surface area contributed by atoms with Crippen molar-refractivity contribution in [2.45, 2.75) is 13.2 Å². The van der Waals surface area contributed by atoms with Crippen molar-refractivity contribution in [1.29, 1.82) is 0 Å². The van der Waals surface area contributed by atoms with Crippen LogP contribution in [-0.2, 0) is 9.57 Å². The molecule has 4 heteroatoms. The average molecular weight is 181 g/mol. The number of rotatable bonds is 1. The molecule has 1 heterocycles. The molecule has 1 aromatic carbocycles. The zero-order chi connectivity index (χ0) is 9.26. The van der Waals surface area contributed by atoms with E-state index in [-0.39, 0.29) is 5.82 Å². The van der Waals surface area contributed by atoms with Crippen molar-refractivity contribution in [3.63, 3.8) is 0 Å². The minimum absolute atomic E-state index is 0.316. The van der Waals surface area contributed by atoms with Crippen LogP contribution in [0.15, 0.2) is 29.4 Å². The van der Waals surface area contributed by atoms with Gasteiger partial charge in [-0.3, -0.25) is 0 Å². The molecule has 13 heavy (non-hydrogen) atoms. The first kappa shape index (κ1) is 8.04. The van der Waals surface area contributed by atoms with Gasteiger partial charge in [0, 0.05) is 12.5 Å². The summed E-state index contributed by atoms with van der Waals surface area (Å²) in [5.41, 5.74) is 0.587. The Morgan fingerprint density at radius 1 is 1.46 bits per heavy atom. The molecule has 3 nitrogen and oxygen atoms in total. The summed E-state index contributed by atoms with van der Waals surface area (Å²) in [6, 6.07) is 6.02. The Hall–Kier alpha value is -1.58. The normalized spacial score (nSPS) is 20.5. The molecule has 0 saturated carbocycles. The average Bonchev–Trinajstić information content (AvgIpc) is 2.52. The molecular formula is C9H8FNO2. The van der Waals surface area contributed by atoms with E-state index in [9.17, 15) is 4.39 Å². The lowest BCUT2D eigenvalue weighted by molar-refractivity contribution is -0.0317. The maximum absolute atomic E-state index is 12.8. The molecule has 0 saturated heterocycles. The van der Waals surface area contributed by atoms with E-state index in [0.29, 0.717) is 11.5 Å². The number of benzene rings is 1. The molecular weight excluding hydrogens is 173 g/mol. The fraction of sp³-hybridized carbons (Fsp3) is 0.222. The highest BCUT2D eigenvalue weighted by molar-refractivity contribution is 5.94. The van der Waals surface area contributed by atoms with Crippen LogP contribution in [0.2, 0.25) is 0 Å². The Kier molecular flexibility index (Phi) is 1.88. The summed E-state index contributed by atoms with van der Waals surface area (Å²) >= 11 is 0. The van der Waals surface area contributed by atoms with Gasteiger partial charge in [0.2, 0.25) is 0 Å². The van der Waals surface area contributed by atoms with E-state index < -0.39 is 6.29 Å². The Balaban J connectivity index is 2.26. The summed E-state index contributed by atoms with van der Waals surface area (Å²) in [6.07, 6.45) is -0.390. The minimum Gasteiger partial charge on any atom is -0.433 e. The lowest BCUT2D eigenvalue weighted by Crippen LogP contribution is -2.07. The fourth-order valence-electron chi connectivity index (χ4n) is 1.06. The van der Waals surface area contributed by atoms with Gasteiger partial charge in [-0.05, 0) is 23.4 Å². The Morgan fingerprint density at radius 2 is 2.31 bits per heavy atom. The van der Waals surface area contributed by atoms with Crippen LogP contribution in [0.5, 0.6) is 0 Å². The first-order valence-electron chi connectivity index (χ1n) is 3.92. The summed E-state index contributed by atoms with van der Waals surface area (Å²) in [7, 11) is 0. The third-order valence-corrected chi connectivity index (χ3v) is 1.63. The van der Waals surface area contributed by atoms with Crippen molar-refractivity contribution >= 4 is 5.90 Å². The molecule has 2 rings (SSSR count). The minimum atomic E-state index is -0.390. The van der Waals surface area contributed by atoms with Crippen LogP contribution in [0.3, 0.4) is 0 Å². The lowest BCUT2D eigenvalue weighted by atomic mass is 10.2. The molecule has 0 fully saturated rings. The Morgan fingerprint density at radius 3 is 2.92 bits per heavy atom. The first-order chi connectivity index (χ1) is 6.25. The zero-order valence-electron chi connectivity index (χ0n) is 7.03. The van der Waals surface area contributed by atoms with Crippen molar-refractivity contribution in [2.24, 2.45) is 5.16 Å². The fourth-order valence-corrected chi connectivity index (χ4v) is 1.06. The second kappa shape index (κ2) is 3.05. The van der Waals surface area contributed by atoms with E-state index >= 15 is 0 Å². The number of ether oxygens (including phenoxy) is 1. The van der Waals surface area contributed by atoms with E-state index in [4.69, 9.17) is 9.57 Å². The number of hydrogen-bond acceptors (Lipinski definition) is 3. The standard InChI is InChI=1S/C9H8FNO2/c1-6-12-9(11-13-6)7-3-2-4-8(10)5-7/h2-6H,1H3. The van der Waals surface area contributed by atoms with Crippen LogP contribution in [0.1, 0.15) is 12.5 Å². The van der Waals surface area contributed by atoms with Crippen LogP contribution >= 0.6 is 0 Å². The maximum Gasteiger partial charge on any atom is 0.264 e. The van der Waals surface area contributed by atoms with Crippen molar-refractivity contribution < 1.29 is 14.0 Å². The topological polar surface area (TPSA) is 30.8 Å². The predicted molar refractivity (Wildman–Crippen MR) is 44.6 cm³/mol. The first-order valence-corrected chi connectivity index (χ1v) is 3.92. The molecule has 0 N–H and O–H groups in total. The maximum atomic E-state index is 12.8. The van der Waals surface area contributed by atoms with E-state index in [0.717, 1.165) is 0 Å². The molecule has 68 valence electrons. The van der Waals surface area contributed by atoms with E-state index in [2.05, 4.69) is 5.16 Å². The number of oxime groups is 1. The molecule has 0 aromatic heterocycles. The quantitative estimate of drug-likeness (QED) is 0.662. The highest BCUT2D eigenvalue weighted by atomic mass is 19.1. The zero-order valence-corrected chi connectivity index (χ0v) is 7.03. The molecule has 0 spiro atoms. The van der Waals surface area contributed by atoms with Gasteiger partial charge in [0.1, 0.15) is 5.82 Å².